The number of hydrogen-bond acceptors (Lipinski definition) is 4. The molecule has 0 amide bonds. The Labute approximate surface area is 145 Å². The number of ether oxygens (including phenoxy) is 1. The summed E-state index contributed by atoms with van der Waals surface area (Å²) < 4.78 is 18.6. The van der Waals surface area contributed by atoms with E-state index in [4.69, 9.17) is 4.74 Å². The first-order chi connectivity index (χ1) is 12.3. The molecule has 0 N–H and O–H groups in total. The summed E-state index contributed by atoms with van der Waals surface area (Å²) in [5, 5.41) is 8.89. The molecule has 0 radical (unpaired) electrons. The maximum atomic E-state index is 13.2. The van der Waals surface area contributed by atoms with Crippen LogP contribution in [-0.4, -0.2) is 36.5 Å². The van der Waals surface area contributed by atoms with Crippen LogP contribution in [0.15, 0.2) is 60.7 Å². The van der Waals surface area contributed by atoms with Crippen LogP contribution in [-0.2, 0) is 4.74 Å². The smallest absolute Gasteiger partial charge is 0.159 e. The second kappa shape index (κ2) is 6.99. The van der Waals surface area contributed by atoms with E-state index in [2.05, 4.69) is 27.2 Å². The van der Waals surface area contributed by atoms with E-state index in [1.165, 1.54) is 12.1 Å². The fourth-order valence-electron chi connectivity index (χ4n) is 2.99. The van der Waals surface area contributed by atoms with Crippen molar-refractivity contribution in [3.05, 3.63) is 66.5 Å². The van der Waals surface area contributed by atoms with Gasteiger partial charge in [0.2, 0.25) is 0 Å². The molecule has 5 heteroatoms. The highest BCUT2D eigenvalue weighted by atomic mass is 19.1. The van der Waals surface area contributed by atoms with Gasteiger partial charge in [0.05, 0.1) is 18.9 Å². The number of rotatable bonds is 3. The topological polar surface area (TPSA) is 38.2 Å². The molecule has 1 saturated heterocycles. The molecular weight excluding hydrogens is 317 g/mol. The van der Waals surface area contributed by atoms with Gasteiger partial charge in [-0.05, 0) is 35.9 Å². The zero-order chi connectivity index (χ0) is 17.1. The molecule has 0 unspecified atom stereocenters. The van der Waals surface area contributed by atoms with Gasteiger partial charge in [0.1, 0.15) is 5.82 Å². The van der Waals surface area contributed by atoms with Crippen LogP contribution in [0.3, 0.4) is 0 Å². The van der Waals surface area contributed by atoms with Crippen molar-refractivity contribution >= 4 is 5.82 Å². The first-order valence-corrected chi connectivity index (χ1v) is 8.33. The van der Waals surface area contributed by atoms with Crippen LogP contribution in [0.25, 0.3) is 22.4 Å². The standard InChI is InChI=1S/C20H18FN3O/c21-17-8-6-16(7-9-17)19-14-18(15-4-2-1-3-5-15)20(23-22-19)24-10-12-25-13-11-24/h1-9,14H,10-13H2. The van der Waals surface area contributed by atoms with Crippen LogP contribution in [0.4, 0.5) is 10.2 Å². The third-order valence-corrected chi connectivity index (χ3v) is 4.31. The van der Waals surface area contributed by atoms with Crippen LogP contribution in [0.1, 0.15) is 0 Å². The van der Waals surface area contributed by atoms with Gasteiger partial charge in [-0.15, -0.1) is 10.2 Å². The predicted molar refractivity (Wildman–Crippen MR) is 95.9 cm³/mol. The van der Waals surface area contributed by atoms with Gasteiger partial charge in [0.15, 0.2) is 5.82 Å². The van der Waals surface area contributed by atoms with Crippen molar-refractivity contribution in [3.8, 4) is 22.4 Å². The van der Waals surface area contributed by atoms with Gasteiger partial charge in [-0.1, -0.05) is 30.3 Å². The lowest BCUT2D eigenvalue weighted by Gasteiger charge is -2.29. The first kappa shape index (κ1) is 15.7. The van der Waals surface area contributed by atoms with Crippen molar-refractivity contribution in [1.29, 1.82) is 0 Å². The summed E-state index contributed by atoms with van der Waals surface area (Å²) in [6, 6.07) is 18.5. The number of halogens is 1. The maximum Gasteiger partial charge on any atom is 0.159 e. The molecule has 1 aliphatic heterocycles. The average molecular weight is 335 g/mol. The second-order valence-electron chi connectivity index (χ2n) is 5.94. The number of morpholine rings is 1. The fraction of sp³-hybridized carbons (Fsp3) is 0.200. The summed E-state index contributed by atoms with van der Waals surface area (Å²) in [5.41, 5.74) is 3.69. The number of nitrogens with zero attached hydrogens (tertiary/aromatic N) is 3. The Morgan fingerprint density at radius 1 is 0.840 bits per heavy atom. The molecule has 0 aliphatic carbocycles. The van der Waals surface area contributed by atoms with Crippen molar-refractivity contribution in [1.82, 2.24) is 10.2 Å². The van der Waals surface area contributed by atoms with Gasteiger partial charge in [0, 0.05) is 24.2 Å². The molecule has 25 heavy (non-hydrogen) atoms. The van der Waals surface area contributed by atoms with Crippen molar-refractivity contribution in [2.45, 2.75) is 0 Å². The monoisotopic (exact) mass is 335 g/mol. The molecule has 1 aliphatic rings. The van der Waals surface area contributed by atoms with E-state index in [1.54, 1.807) is 12.1 Å². The fourth-order valence-corrected chi connectivity index (χ4v) is 2.99. The summed E-state index contributed by atoms with van der Waals surface area (Å²) >= 11 is 0. The average Bonchev–Trinajstić information content (AvgIpc) is 2.69. The van der Waals surface area contributed by atoms with E-state index in [1.807, 2.05) is 24.3 Å². The van der Waals surface area contributed by atoms with E-state index in [0.717, 1.165) is 41.3 Å². The van der Waals surface area contributed by atoms with E-state index in [9.17, 15) is 4.39 Å². The molecule has 1 aromatic heterocycles. The predicted octanol–water partition coefficient (Wildman–Crippen LogP) is 3.79. The molecule has 3 aromatic rings. The number of anilines is 1. The lowest BCUT2D eigenvalue weighted by molar-refractivity contribution is 0.122. The lowest BCUT2D eigenvalue weighted by Crippen LogP contribution is -2.37. The Hall–Kier alpha value is -2.79. The molecule has 126 valence electrons. The summed E-state index contributed by atoms with van der Waals surface area (Å²) in [7, 11) is 0. The molecule has 0 saturated carbocycles. The normalized spacial score (nSPS) is 14.5. The van der Waals surface area contributed by atoms with Gasteiger partial charge in [-0.2, -0.15) is 0 Å². The quantitative estimate of drug-likeness (QED) is 0.730. The Morgan fingerprint density at radius 2 is 1.56 bits per heavy atom. The van der Waals surface area contributed by atoms with Gasteiger partial charge in [-0.3, -0.25) is 0 Å². The van der Waals surface area contributed by atoms with Crippen molar-refractivity contribution in [3.63, 3.8) is 0 Å². The molecule has 2 aromatic carbocycles. The van der Waals surface area contributed by atoms with E-state index < -0.39 is 0 Å². The molecule has 4 rings (SSSR count). The Balaban J connectivity index is 1.80. The van der Waals surface area contributed by atoms with E-state index in [-0.39, 0.29) is 5.82 Å². The number of aromatic nitrogens is 2. The Morgan fingerprint density at radius 3 is 2.28 bits per heavy atom. The Kier molecular flexibility index (Phi) is 4.39. The SMILES string of the molecule is Fc1ccc(-c2cc(-c3ccccc3)c(N3CCOCC3)nn2)cc1. The number of hydrogen-bond donors (Lipinski definition) is 0. The zero-order valence-electron chi connectivity index (χ0n) is 13.7. The highest BCUT2D eigenvalue weighted by Crippen LogP contribution is 2.32. The van der Waals surface area contributed by atoms with Crippen LogP contribution >= 0.6 is 0 Å². The number of benzene rings is 2. The van der Waals surface area contributed by atoms with Crippen LogP contribution in [0.5, 0.6) is 0 Å². The van der Waals surface area contributed by atoms with Crippen molar-refractivity contribution in [2.75, 3.05) is 31.2 Å². The first-order valence-electron chi connectivity index (χ1n) is 8.33. The summed E-state index contributed by atoms with van der Waals surface area (Å²) in [6.07, 6.45) is 0. The lowest BCUT2D eigenvalue weighted by atomic mass is 10.0. The maximum absolute atomic E-state index is 13.2. The summed E-state index contributed by atoms with van der Waals surface area (Å²) in [4.78, 5) is 2.20. The van der Waals surface area contributed by atoms with Crippen molar-refractivity contribution < 1.29 is 9.13 Å². The largest absolute Gasteiger partial charge is 0.378 e. The van der Waals surface area contributed by atoms with Crippen molar-refractivity contribution in [2.24, 2.45) is 0 Å². The molecule has 1 fully saturated rings. The van der Waals surface area contributed by atoms with E-state index in [0.29, 0.717) is 13.2 Å². The molecule has 0 atom stereocenters. The van der Waals surface area contributed by atoms with Crippen LogP contribution in [0, 0.1) is 5.82 Å². The Bertz CT molecular complexity index is 847. The molecule has 2 heterocycles. The minimum absolute atomic E-state index is 0.259. The summed E-state index contributed by atoms with van der Waals surface area (Å²) in [6.45, 7) is 2.97. The van der Waals surface area contributed by atoms with Gasteiger partial charge >= 0.3 is 0 Å². The van der Waals surface area contributed by atoms with Gasteiger partial charge in [-0.25, -0.2) is 4.39 Å². The second-order valence-corrected chi connectivity index (χ2v) is 5.94. The van der Waals surface area contributed by atoms with Gasteiger partial charge in [0.25, 0.3) is 0 Å². The molecule has 0 bridgehead atoms. The zero-order valence-corrected chi connectivity index (χ0v) is 13.7. The third-order valence-electron chi connectivity index (χ3n) is 4.31. The molecule has 4 nitrogen and oxygen atoms in total. The highest BCUT2D eigenvalue weighted by Gasteiger charge is 2.19. The highest BCUT2D eigenvalue weighted by molar-refractivity contribution is 5.79. The summed E-state index contributed by atoms with van der Waals surface area (Å²) in [5.74, 6) is 0.602. The van der Waals surface area contributed by atoms with Gasteiger partial charge < -0.3 is 9.64 Å². The molecular formula is C20H18FN3O. The molecule has 0 spiro atoms. The third kappa shape index (κ3) is 3.37. The van der Waals surface area contributed by atoms with Crippen LogP contribution < -0.4 is 4.90 Å². The van der Waals surface area contributed by atoms with E-state index >= 15 is 0 Å². The minimum atomic E-state index is -0.259. The minimum Gasteiger partial charge on any atom is -0.378 e. The van der Waals surface area contributed by atoms with Crippen LogP contribution in [0.2, 0.25) is 0 Å².